The van der Waals surface area contributed by atoms with Gasteiger partial charge in [0, 0.05) is 98.2 Å². The fraction of sp³-hybridized carbons (Fsp3) is 0.571. The van der Waals surface area contributed by atoms with Crippen LogP contribution in [0.15, 0.2) is 36.4 Å². The molecule has 5 heterocycles. The predicted octanol–water partition coefficient (Wildman–Crippen LogP) is 2.92. The molecule has 0 amide bonds. The molecular weight excluding hydrogens is 727 g/mol. The van der Waals surface area contributed by atoms with Gasteiger partial charge in [-0.15, -0.1) is 0 Å². The van der Waals surface area contributed by atoms with Crippen LogP contribution in [0.2, 0.25) is 0 Å². The van der Waals surface area contributed by atoms with Crippen molar-refractivity contribution in [2.24, 2.45) is 0 Å². The van der Waals surface area contributed by atoms with Crippen LogP contribution < -0.4 is 16.0 Å². The summed E-state index contributed by atoms with van der Waals surface area (Å²) >= 11 is 0. The second-order valence-electron chi connectivity index (χ2n) is 14.3. The van der Waals surface area contributed by atoms with Gasteiger partial charge in [0.25, 0.3) is 0 Å². The number of nitrogens with one attached hydrogen (secondary N) is 3. The number of esters is 3. The van der Waals surface area contributed by atoms with Crippen LogP contribution in [0.5, 0.6) is 0 Å². The fourth-order valence-electron chi connectivity index (χ4n) is 6.64. The van der Waals surface area contributed by atoms with Gasteiger partial charge < -0.3 is 30.2 Å². The van der Waals surface area contributed by atoms with E-state index in [1.165, 1.54) is 0 Å². The second kappa shape index (κ2) is 24.4. The van der Waals surface area contributed by atoms with Crippen molar-refractivity contribution in [3.8, 4) is 0 Å². The van der Waals surface area contributed by atoms with Gasteiger partial charge in [-0.05, 0) is 94.6 Å². The van der Waals surface area contributed by atoms with E-state index >= 15 is 0 Å². The third-order valence-corrected chi connectivity index (χ3v) is 9.31. The maximum absolute atomic E-state index is 12.5. The van der Waals surface area contributed by atoms with Crippen molar-refractivity contribution in [2.75, 3.05) is 98.4 Å². The van der Waals surface area contributed by atoms with Gasteiger partial charge in [-0.2, -0.15) is 0 Å². The van der Waals surface area contributed by atoms with Crippen LogP contribution in [0.4, 0.5) is 0 Å². The summed E-state index contributed by atoms with van der Waals surface area (Å²) < 4.78 is 15.6. The standard InChI is InChI=1S/C36H48N6O6.C6H15N3/c1-7-46-34(43)31-19-25(4)16-28(37-31)22-40-10-12-41(23-29-17-26(5)20-32(38-29)35(44)47-8-2)14-15-42(13-11-40)24-30-18-27(6)21-33(39-30)36(45)48-9-3;1-2-8-5-6-9-4-3-7-1/h16-21H,7-15,22-24H2,1-6H3;7-9H,1-6H2. The Bertz CT molecular complexity index is 1520. The molecule has 0 aliphatic carbocycles. The Hall–Kier alpha value is -4.38. The molecule has 3 N–H and O–H groups in total. The van der Waals surface area contributed by atoms with Crippen LogP contribution in [0.25, 0.3) is 0 Å². The van der Waals surface area contributed by atoms with E-state index in [0.29, 0.717) is 36.7 Å². The highest BCUT2D eigenvalue weighted by molar-refractivity contribution is 5.88. The van der Waals surface area contributed by atoms with Gasteiger partial charge in [-0.3, -0.25) is 14.7 Å². The molecule has 0 spiro atoms. The number of rotatable bonds is 12. The highest BCUT2D eigenvalue weighted by atomic mass is 16.5. The molecule has 312 valence electrons. The molecule has 2 fully saturated rings. The topological polar surface area (TPSA) is 163 Å². The maximum Gasteiger partial charge on any atom is 0.356 e. The number of aryl methyl sites for hydroxylation is 3. The molecule has 57 heavy (non-hydrogen) atoms. The quantitative estimate of drug-likeness (QED) is 0.181. The largest absolute Gasteiger partial charge is 0.461 e. The van der Waals surface area contributed by atoms with Crippen LogP contribution in [0, 0.1) is 20.8 Å². The van der Waals surface area contributed by atoms with Crippen molar-refractivity contribution in [1.82, 2.24) is 45.6 Å². The molecule has 15 nitrogen and oxygen atoms in total. The minimum absolute atomic E-state index is 0.287. The van der Waals surface area contributed by atoms with Crippen molar-refractivity contribution in [2.45, 2.75) is 61.2 Å². The molecule has 2 aliphatic rings. The number of carbonyl (C=O) groups is 3. The lowest BCUT2D eigenvalue weighted by molar-refractivity contribution is 0.0509. The Morgan fingerprint density at radius 2 is 0.719 bits per heavy atom. The van der Waals surface area contributed by atoms with Crippen molar-refractivity contribution in [3.05, 3.63) is 87.3 Å². The lowest BCUT2D eigenvalue weighted by Crippen LogP contribution is -2.36. The monoisotopic (exact) mass is 789 g/mol. The third kappa shape index (κ3) is 16.2. The zero-order chi connectivity index (χ0) is 41.0. The molecule has 5 rings (SSSR count). The summed E-state index contributed by atoms with van der Waals surface area (Å²) in [5, 5.41) is 9.91. The molecule has 2 aliphatic heterocycles. The van der Waals surface area contributed by atoms with Gasteiger partial charge in [0.1, 0.15) is 17.1 Å². The molecule has 0 unspecified atom stereocenters. The Kier molecular flexibility index (Phi) is 19.4. The fourth-order valence-corrected chi connectivity index (χ4v) is 6.64. The van der Waals surface area contributed by atoms with Gasteiger partial charge in [-0.25, -0.2) is 29.3 Å². The summed E-state index contributed by atoms with van der Waals surface area (Å²) in [6.45, 7) is 24.9. The van der Waals surface area contributed by atoms with Gasteiger partial charge in [-0.1, -0.05) is 0 Å². The number of hydrogen-bond acceptors (Lipinski definition) is 15. The molecule has 3 aromatic rings. The Balaban J connectivity index is 0.000000702. The summed E-state index contributed by atoms with van der Waals surface area (Å²) in [6.07, 6.45) is 0. The molecule has 3 aromatic heterocycles. The lowest BCUT2D eigenvalue weighted by Gasteiger charge is -2.25. The number of hydrogen-bond donors (Lipinski definition) is 3. The molecule has 15 heteroatoms. The van der Waals surface area contributed by atoms with E-state index in [1.807, 2.05) is 39.0 Å². The van der Waals surface area contributed by atoms with Crippen LogP contribution in [0.1, 0.15) is 86.0 Å². The first-order valence-corrected chi connectivity index (χ1v) is 20.3. The minimum atomic E-state index is -0.426. The molecule has 0 aromatic carbocycles. The number of aromatic nitrogens is 3. The van der Waals surface area contributed by atoms with Crippen molar-refractivity contribution in [1.29, 1.82) is 0 Å². The van der Waals surface area contributed by atoms with Gasteiger partial charge in [0.05, 0.1) is 36.9 Å². The zero-order valence-corrected chi connectivity index (χ0v) is 34.8. The molecule has 0 radical (unpaired) electrons. The van der Waals surface area contributed by atoms with E-state index in [2.05, 4.69) is 45.6 Å². The van der Waals surface area contributed by atoms with Crippen LogP contribution in [-0.2, 0) is 33.8 Å². The number of carbonyl (C=O) groups excluding carboxylic acids is 3. The summed E-state index contributed by atoms with van der Waals surface area (Å²) in [4.78, 5) is 58.4. The van der Waals surface area contributed by atoms with E-state index in [0.717, 1.165) is 112 Å². The number of pyridine rings is 3. The highest BCUT2D eigenvalue weighted by Gasteiger charge is 2.21. The first kappa shape index (κ1) is 45.3. The molecule has 0 saturated carbocycles. The van der Waals surface area contributed by atoms with E-state index in [-0.39, 0.29) is 19.8 Å². The van der Waals surface area contributed by atoms with E-state index < -0.39 is 17.9 Å². The van der Waals surface area contributed by atoms with Crippen LogP contribution in [0.3, 0.4) is 0 Å². The van der Waals surface area contributed by atoms with Crippen molar-refractivity contribution >= 4 is 17.9 Å². The highest BCUT2D eigenvalue weighted by Crippen LogP contribution is 2.15. The van der Waals surface area contributed by atoms with E-state index in [1.54, 1.807) is 39.0 Å². The Morgan fingerprint density at radius 1 is 0.474 bits per heavy atom. The van der Waals surface area contributed by atoms with Crippen LogP contribution in [-0.4, -0.2) is 146 Å². The Morgan fingerprint density at radius 3 is 0.947 bits per heavy atom. The first-order valence-electron chi connectivity index (χ1n) is 20.3. The van der Waals surface area contributed by atoms with Gasteiger partial charge in [0.2, 0.25) is 0 Å². The second-order valence-corrected chi connectivity index (χ2v) is 14.3. The van der Waals surface area contributed by atoms with Crippen molar-refractivity contribution in [3.63, 3.8) is 0 Å². The third-order valence-electron chi connectivity index (χ3n) is 9.31. The Labute approximate surface area is 338 Å². The average molecular weight is 790 g/mol. The smallest absolute Gasteiger partial charge is 0.356 e. The van der Waals surface area contributed by atoms with Crippen molar-refractivity contribution < 1.29 is 28.6 Å². The average Bonchev–Trinajstić information content (AvgIpc) is 3.38. The summed E-state index contributed by atoms with van der Waals surface area (Å²) in [7, 11) is 0. The summed E-state index contributed by atoms with van der Waals surface area (Å²) in [6, 6.07) is 11.3. The lowest BCUT2D eigenvalue weighted by atomic mass is 10.2. The molecular formula is C42H63N9O6. The first-order chi connectivity index (χ1) is 27.6. The SMILES string of the molecule is C1CNCCNCCN1.CCOC(=O)c1cc(C)cc(CN2CCN(Cc3cc(C)cc(C(=O)OCC)n3)CCN(Cc3cc(C)cc(C(=O)OCC)n3)CC2)n1. The van der Waals surface area contributed by atoms with Crippen LogP contribution >= 0.6 is 0 Å². The van der Waals surface area contributed by atoms with Gasteiger partial charge in [0.15, 0.2) is 0 Å². The normalized spacial score (nSPS) is 16.3. The zero-order valence-electron chi connectivity index (χ0n) is 34.8. The maximum atomic E-state index is 12.5. The predicted molar refractivity (Wildman–Crippen MR) is 219 cm³/mol. The van der Waals surface area contributed by atoms with E-state index in [9.17, 15) is 14.4 Å². The molecule has 2 saturated heterocycles. The number of ether oxygens (including phenoxy) is 3. The van der Waals surface area contributed by atoms with E-state index in [4.69, 9.17) is 14.2 Å². The minimum Gasteiger partial charge on any atom is -0.461 e. The summed E-state index contributed by atoms with van der Waals surface area (Å²) in [5.41, 5.74) is 6.17. The summed E-state index contributed by atoms with van der Waals surface area (Å²) in [5.74, 6) is -1.28. The molecule has 0 atom stereocenters. The van der Waals surface area contributed by atoms with Gasteiger partial charge >= 0.3 is 17.9 Å². The molecule has 0 bridgehead atoms. The number of nitrogens with zero attached hydrogens (tertiary/aromatic N) is 6.